The second-order valence-corrected chi connectivity index (χ2v) is 6.72. The maximum atomic E-state index is 12.3. The van der Waals surface area contributed by atoms with E-state index < -0.39 is 0 Å². The van der Waals surface area contributed by atoms with Crippen molar-refractivity contribution in [1.82, 2.24) is 10.3 Å². The first kappa shape index (κ1) is 17.9. The molecule has 0 bridgehead atoms. The Morgan fingerprint density at radius 3 is 2.54 bits per heavy atom. The monoisotopic (exact) mass is 369 g/mol. The molecule has 26 heavy (non-hydrogen) atoms. The lowest BCUT2D eigenvalue weighted by Crippen LogP contribution is -2.20. The molecule has 0 atom stereocenters. The van der Waals surface area contributed by atoms with Gasteiger partial charge in [-0.25, -0.2) is 4.98 Å². The molecule has 0 aliphatic rings. The van der Waals surface area contributed by atoms with Gasteiger partial charge in [0.25, 0.3) is 0 Å². The van der Waals surface area contributed by atoms with Crippen molar-refractivity contribution in [3.05, 3.63) is 58.8 Å². The zero-order valence-corrected chi connectivity index (χ0v) is 15.4. The van der Waals surface area contributed by atoms with Gasteiger partial charge in [0.2, 0.25) is 17.7 Å². The van der Waals surface area contributed by atoms with Crippen LogP contribution in [0.15, 0.2) is 46.2 Å². The summed E-state index contributed by atoms with van der Waals surface area (Å²) < 4.78 is 5.65. The second kappa shape index (κ2) is 7.97. The van der Waals surface area contributed by atoms with Crippen LogP contribution in [0.5, 0.6) is 0 Å². The Hall–Kier alpha value is -2.93. The minimum absolute atomic E-state index is 0.0511. The molecule has 6 nitrogen and oxygen atoms in total. The summed E-state index contributed by atoms with van der Waals surface area (Å²) in [6.45, 7) is 1.81. The third-order valence-corrected chi connectivity index (χ3v) is 4.69. The number of nitrogens with zero attached hydrogens (tertiary/aromatic N) is 1. The number of oxazole rings is 1. The largest absolute Gasteiger partial charge is 0.440 e. The van der Waals surface area contributed by atoms with E-state index in [0.29, 0.717) is 29.5 Å². The molecule has 2 amide bonds. The van der Waals surface area contributed by atoms with E-state index in [1.807, 2.05) is 29.6 Å². The smallest absolute Gasteiger partial charge is 0.236 e. The van der Waals surface area contributed by atoms with Crippen LogP contribution in [-0.2, 0) is 22.4 Å². The van der Waals surface area contributed by atoms with Gasteiger partial charge in [-0.05, 0) is 36.1 Å². The first-order valence-corrected chi connectivity index (χ1v) is 9.02. The second-order valence-electron chi connectivity index (χ2n) is 5.77. The van der Waals surface area contributed by atoms with Crippen molar-refractivity contribution < 1.29 is 14.0 Å². The quantitative estimate of drug-likeness (QED) is 0.699. The number of hydrogen-bond donors (Lipinski definition) is 2. The van der Waals surface area contributed by atoms with Crippen LogP contribution in [-0.4, -0.2) is 23.8 Å². The minimum Gasteiger partial charge on any atom is -0.440 e. The lowest BCUT2D eigenvalue weighted by molar-refractivity contribution is -0.120. The molecule has 7 heteroatoms. The maximum Gasteiger partial charge on any atom is 0.236 e. The van der Waals surface area contributed by atoms with Gasteiger partial charge in [-0.1, -0.05) is 18.2 Å². The van der Waals surface area contributed by atoms with Gasteiger partial charge >= 0.3 is 0 Å². The summed E-state index contributed by atoms with van der Waals surface area (Å²) in [4.78, 5) is 29.0. The number of benzene rings is 1. The molecular weight excluding hydrogens is 350 g/mol. The normalized spacial score (nSPS) is 10.5. The van der Waals surface area contributed by atoms with E-state index >= 15 is 0 Å². The van der Waals surface area contributed by atoms with E-state index in [0.717, 1.165) is 10.4 Å². The van der Waals surface area contributed by atoms with Gasteiger partial charge in [0.15, 0.2) is 0 Å². The van der Waals surface area contributed by atoms with Crippen molar-refractivity contribution in [2.75, 3.05) is 12.4 Å². The topological polar surface area (TPSA) is 84.2 Å². The van der Waals surface area contributed by atoms with Gasteiger partial charge in [-0.15, -0.1) is 11.3 Å². The number of anilines is 1. The van der Waals surface area contributed by atoms with Crippen LogP contribution in [0, 0.1) is 6.92 Å². The summed E-state index contributed by atoms with van der Waals surface area (Å²) in [5.41, 5.74) is 2.19. The Labute approximate surface area is 155 Å². The Morgan fingerprint density at radius 2 is 1.88 bits per heavy atom. The number of likely N-dealkylation sites (N-methyl/N-ethyl adjacent to an activating group) is 1. The molecular formula is C19H19N3O3S. The summed E-state index contributed by atoms with van der Waals surface area (Å²) in [5.74, 6) is 0.964. The van der Waals surface area contributed by atoms with Crippen LogP contribution in [0.25, 0.3) is 10.8 Å². The van der Waals surface area contributed by atoms with Crippen molar-refractivity contribution in [2.24, 2.45) is 0 Å². The summed E-state index contributed by atoms with van der Waals surface area (Å²) in [7, 11) is 1.60. The molecule has 1 aromatic carbocycles. The number of hydrogen-bond acceptors (Lipinski definition) is 5. The molecule has 0 aliphatic heterocycles. The number of aryl methyl sites for hydroxylation is 1. The van der Waals surface area contributed by atoms with Gasteiger partial charge in [-0.2, -0.15) is 0 Å². The van der Waals surface area contributed by atoms with Gasteiger partial charge < -0.3 is 15.1 Å². The molecule has 0 unspecified atom stereocenters. The predicted octanol–water partition coefficient (Wildman–Crippen LogP) is 3.18. The highest BCUT2D eigenvalue weighted by molar-refractivity contribution is 7.13. The van der Waals surface area contributed by atoms with Crippen molar-refractivity contribution in [3.63, 3.8) is 0 Å². The number of nitrogens with one attached hydrogen (secondary N) is 2. The van der Waals surface area contributed by atoms with E-state index in [2.05, 4.69) is 15.6 Å². The van der Waals surface area contributed by atoms with Crippen LogP contribution >= 0.6 is 11.3 Å². The van der Waals surface area contributed by atoms with Gasteiger partial charge in [0.05, 0.1) is 23.4 Å². The van der Waals surface area contributed by atoms with Crippen molar-refractivity contribution in [3.8, 4) is 10.8 Å². The van der Waals surface area contributed by atoms with Crippen molar-refractivity contribution >= 4 is 28.8 Å². The highest BCUT2D eigenvalue weighted by Crippen LogP contribution is 2.26. The Balaban J connectivity index is 1.61. The highest BCUT2D eigenvalue weighted by atomic mass is 32.1. The summed E-state index contributed by atoms with van der Waals surface area (Å²) in [5, 5.41) is 7.37. The van der Waals surface area contributed by atoms with E-state index in [1.54, 1.807) is 37.4 Å². The Kier molecular flexibility index (Phi) is 5.48. The fourth-order valence-electron chi connectivity index (χ4n) is 2.43. The minimum atomic E-state index is -0.168. The van der Waals surface area contributed by atoms with Gasteiger partial charge in [-0.3, -0.25) is 9.59 Å². The van der Waals surface area contributed by atoms with Crippen LogP contribution < -0.4 is 10.6 Å². The lowest BCUT2D eigenvalue weighted by Gasteiger charge is -2.06. The first-order valence-electron chi connectivity index (χ1n) is 8.14. The van der Waals surface area contributed by atoms with Gasteiger partial charge in [0, 0.05) is 12.7 Å². The zero-order valence-electron chi connectivity index (χ0n) is 14.5. The molecule has 0 radical (unpaired) electrons. The summed E-state index contributed by atoms with van der Waals surface area (Å²) in [6, 6.07) is 11.1. The van der Waals surface area contributed by atoms with E-state index in [9.17, 15) is 9.59 Å². The molecule has 0 fully saturated rings. The SMILES string of the molecule is CNC(=O)Cc1ccc(NC(=O)Cc2nc(-c3cccs3)oc2C)cc1. The summed E-state index contributed by atoms with van der Waals surface area (Å²) >= 11 is 1.54. The molecule has 2 aromatic heterocycles. The molecule has 2 N–H and O–H groups in total. The number of aromatic nitrogens is 1. The molecule has 0 saturated heterocycles. The fourth-order valence-corrected chi connectivity index (χ4v) is 3.08. The maximum absolute atomic E-state index is 12.3. The van der Waals surface area contributed by atoms with Crippen molar-refractivity contribution in [1.29, 1.82) is 0 Å². The Morgan fingerprint density at radius 1 is 1.12 bits per heavy atom. The number of amides is 2. The Bertz CT molecular complexity index is 899. The molecule has 0 saturated carbocycles. The van der Waals surface area contributed by atoms with Crippen LogP contribution in [0.4, 0.5) is 5.69 Å². The molecule has 0 aliphatic carbocycles. The van der Waals surface area contributed by atoms with Crippen molar-refractivity contribution in [2.45, 2.75) is 19.8 Å². The first-order chi connectivity index (χ1) is 12.5. The van der Waals surface area contributed by atoms with Crippen LogP contribution in [0.2, 0.25) is 0 Å². The summed E-state index contributed by atoms with van der Waals surface area (Å²) in [6.07, 6.45) is 0.453. The number of carbonyl (C=O) groups is 2. The zero-order chi connectivity index (χ0) is 18.5. The molecule has 3 rings (SSSR count). The van der Waals surface area contributed by atoms with Crippen LogP contribution in [0.3, 0.4) is 0 Å². The van der Waals surface area contributed by atoms with Crippen LogP contribution in [0.1, 0.15) is 17.0 Å². The fraction of sp³-hybridized carbons (Fsp3) is 0.211. The lowest BCUT2D eigenvalue weighted by atomic mass is 10.1. The molecule has 134 valence electrons. The number of carbonyl (C=O) groups excluding carboxylic acids is 2. The average Bonchev–Trinajstić information content (AvgIpc) is 3.27. The van der Waals surface area contributed by atoms with E-state index in [-0.39, 0.29) is 18.2 Å². The third kappa shape index (κ3) is 4.37. The number of rotatable bonds is 6. The van der Waals surface area contributed by atoms with Gasteiger partial charge in [0.1, 0.15) is 5.76 Å². The molecule has 0 spiro atoms. The standard InChI is InChI=1S/C19H19N3O3S/c1-12-15(22-19(25-12)16-4-3-9-26-16)11-18(24)21-14-7-5-13(6-8-14)10-17(23)20-2/h3-9H,10-11H2,1-2H3,(H,20,23)(H,21,24). The average molecular weight is 369 g/mol. The highest BCUT2D eigenvalue weighted by Gasteiger charge is 2.15. The molecule has 3 aromatic rings. The molecule has 2 heterocycles. The van der Waals surface area contributed by atoms with E-state index in [1.165, 1.54) is 0 Å². The van der Waals surface area contributed by atoms with E-state index in [4.69, 9.17) is 4.42 Å². The third-order valence-electron chi connectivity index (χ3n) is 3.83. The predicted molar refractivity (Wildman–Crippen MR) is 101 cm³/mol. The number of thiophene rings is 1.